The summed E-state index contributed by atoms with van der Waals surface area (Å²) in [6.45, 7) is 8.56. The van der Waals surface area contributed by atoms with Gasteiger partial charge < -0.3 is 14.6 Å². The number of hydrogen-bond donors (Lipinski definition) is 2. The normalized spacial score (nSPS) is 13.0. The quantitative estimate of drug-likeness (QED) is 0.690. The van der Waals surface area contributed by atoms with Crippen molar-refractivity contribution in [2.75, 3.05) is 19.7 Å². The number of benzene rings is 2. The Labute approximate surface area is 138 Å². The van der Waals surface area contributed by atoms with Crippen molar-refractivity contribution >= 4 is 21.8 Å². The topological polar surface area (TPSA) is 29.6 Å². The molecule has 1 heterocycles. The van der Waals surface area contributed by atoms with Crippen LogP contribution < -0.4 is 4.90 Å². The first-order chi connectivity index (χ1) is 11.3. The third-order valence-electron chi connectivity index (χ3n) is 4.68. The lowest BCUT2D eigenvalue weighted by Crippen LogP contribution is -3.11. The van der Waals surface area contributed by atoms with Crippen LogP contribution in [0.5, 0.6) is 0 Å². The van der Waals surface area contributed by atoms with E-state index in [0.29, 0.717) is 0 Å². The van der Waals surface area contributed by atoms with Crippen LogP contribution in [0.3, 0.4) is 0 Å². The maximum Gasteiger partial charge on any atom is 0.103 e. The smallest absolute Gasteiger partial charge is 0.103 e. The van der Waals surface area contributed by atoms with Crippen LogP contribution in [-0.4, -0.2) is 29.4 Å². The molecular formula is C20H27N2O+. The van der Waals surface area contributed by atoms with Gasteiger partial charge >= 0.3 is 0 Å². The van der Waals surface area contributed by atoms with Crippen molar-refractivity contribution in [3.63, 3.8) is 0 Å². The molecule has 0 saturated carbocycles. The highest BCUT2D eigenvalue weighted by molar-refractivity contribution is 6.08. The highest BCUT2D eigenvalue weighted by Gasteiger charge is 2.12. The van der Waals surface area contributed by atoms with Crippen LogP contribution in [0, 0.1) is 0 Å². The average molecular weight is 311 g/mol. The summed E-state index contributed by atoms with van der Waals surface area (Å²) in [5.74, 6) is 0. The summed E-state index contributed by atoms with van der Waals surface area (Å²) in [7, 11) is 0. The zero-order valence-corrected chi connectivity index (χ0v) is 14.2. The molecular weight excluding hydrogens is 284 g/mol. The number of aliphatic hydroxyl groups excluding tert-OH is 1. The standard InChI is InChI=1S/C20H26N2O/c1-3-11-21(12-13-23)15-16-9-10-20-18(14-16)17-7-5-6-8-19(17)22(20)4-2/h5-10,14,23H,3-4,11-13,15H2,1-2H3/p+1. The van der Waals surface area contributed by atoms with Crippen molar-refractivity contribution in [1.82, 2.24) is 4.57 Å². The maximum absolute atomic E-state index is 9.27. The third kappa shape index (κ3) is 3.12. The second-order valence-corrected chi connectivity index (χ2v) is 6.26. The predicted octanol–water partition coefficient (Wildman–Crippen LogP) is 2.60. The Hall–Kier alpha value is -1.84. The van der Waals surface area contributed by atoms with Gasteiger partial charge in [0.1, 0.15) is 13.1 Å². The van der Waals surface area contributed by atoms with Gasteiger partial charge in [-0.1, -0.05) is 31.2 Å². The molecule has 0 amide bonds. The van der Waals surface area contributed by atoms with Crippen molar-refractivity contribution in [2.45, 2.75) is 33.4 Å². The Morgan fingerprint density at radius 2 is 1.74 bits per heavy atom. The van der Waals surface area contributed by atoms with E-state index in [4.69, 9.17) is 0 Å². The lowest BCUT2D eigenvalue weighted by molar-refractivity contribution is -0.914. The van der Waals surface area contributed by atoms with E-state index < -0.39 is 0 Å². The SMILES string of the molecule is CCC[NH+](CCO)Cc1ccc2c(c1)c1ccccc1n2CC. The van der Waals surface area contributed by atoms with Gasteiger partial charge in [-0.3, -0.25) is 0 Å². The van der Waals surface area contributed by atoms with Crippen molar-refractivity contribution in [1.29, 1.82) is 0 Å². The zero-order valence-electron chi connectivity index (χ0n) is 14.2. The third-order valence-corrected chi connectivity index (χ3v) is 4.68. The van der Waals surface area contributed by atoms with Gasteiger partial charge in [-0.2, -0.15) is 0 Å². The number of aliphatic hydroxyl groups is 1. The molecule has 0 saturated heterocycles. The largest absolute Gasteiger partial charge is 0.391 e. The number of aromatic nitrogens is 1. The van der Waals surface area contributed by atoms with Crippen molar-refractivity contribution in [2.24, 2.45) is 0 Å². The lowest BCUT2D eigenvalue weighted by Gasteiger charge is -2.18. The molecule has 0 aliphatic carbocycles. The van der Waals surface area contributed by atoms with Gasteiger partial charge in [0.05, 0.1) is 13.2 Å². The van der Waals surface area contributed by atoms with E-state index in [9.17, 15) is 5.11 Å². The first kappa shape index (κ1) is 16.0. The first-order valence-corrected chi connectivity index (χ1v) is 8.72. The Morgan fingerprint density at radius 3 is 2.48 bits per heavy atom. The molecule has 0 spiro atoms. The summed E-state index contributed by atoms with van der Waals surface area (Å²) in [5.41, 5.74) is 3.99. The van der Waals surface area contributed by atoms with Crippen LogP contribution in [0.2, 0.25) is 0 Å². The van der Waals surface area contributed by atoms with Crippen molar-refractivity contribution < 1.29 is 10.0 Å². The number of quaternary nitrogens is 1. The summed E-state index contributed by atoms with van der Waals surface area (Å²) in [4.78, 5) is 1.45. The number of fused-ring (bicyclic) bond motifs is 3. The van der Waals surface area contributed by atoms with E-state index in [1.807, 2.05) is 0 Å². The van der Waals surface area contributed by atoms with Crippen LogP contribution >= 0.6 is 0 Å². The summed E-state index contributed by atoms with van der Waals surface area (Å²) in [6, 6.07) is 15.5. The summed E-state index contributed by atoms with van der Waals surface area (Å²) in [5, 5.41) is 12.0. The van der Waals surface area contributed by atoms with E-state index in [2.05, 4.69) is 60.9 Å². The Balaban J connectivity index is 2.03. The molecule has 3 nitrogen and oxygen atoms in total. The molecule has 0 fully saturated rings. The van der Waals surface area contributed by atoms with Crippen LogP contribution in [0.4, 0.5) is 0 Å². The summed E-state index contributed by atoms with van der Waals surface area (Å²) in [6.07, 6.45) is 1.15. The fourth-order valence-electron chi connectivity index (χ4n) is 3.65. The zero-order chi connectivity index (χ0) is 16.2. The minimum Gasteiger partial charge on any atom is -0.391 e. The number of nitrogens with zero attached hydrogens (tertiary/aromatic N) is 1. The number of rotatable bonds is 7. The van der Waals surface area contributed by atoms with Crippen LogP contribution in [0.25, 0.3) is 21.8 Å². The number of aryl methyl sites for hydroxylation is 1. The lowest BCUT2D eigenvalue weighted by atomic mass is 10.1. The van der Waals surface area contributed by atoms with Gasteiger partial charge in [-0.15, -0.1) is 0 Å². The number of para-hydroxylation sites is 1. The molecule has 0 aliphatic heterocycles. The van der Waals surface area contributed by atoms with Gasteiger partial charge in [0.25, 0.3) is 0 Å². The Bertz CT molecular complexity index is 785. The molecule has 3 heteroatoms. The van der Waals surface area contributed by atoms with Gasteiger partial charge in [-0.05, 0) is 31.5 Å². The van der Waals surface area contributed by atoms with Crippen molar-refractivity contribution in [3.8, 4) is 0 Å². The average Bonchev–Trinajstić information content (AvgIpc) is 2.88. The minimum absolute atomic E-state index is 0.257. The van der Waals surface area contributed by atoms with Gasteiger partial charge in [0.15, 0.2) is 0 Å². The van der Waals surface area contributed by atoms with E-state index in [1.165, 1.54) is 32.3 Å². The second kappa shape index (κ2) is 7.16. The minimum atomic E-state index is 0.257. The molecule has 0 radical (unpaired) electrons. The van der Waals surface area contributed by atoms with E-state index in [0.717, 1.165) is 32.6 Å². The van der Waals surface area contributed by atoms with Crippen LogP contribution in [0.1, 0.15) is 25.8 Å². The maximum atomic E-state index is 9.27. The molecule has 3 aromatic rings. The van der Waals surface area contributed by atoms with Crippen LogP contribution in [-0.2, 0) is 13.1 Å². The summed E-state index contributed by atoms with van der Waals surface area (Å²) >= 11 is 0. The molecule has 122 valence electrons. The molecule has 1 atom stereocenters. The first-order valence-electron chi connectivity index (χ1n) is 8.72. The molecule has 1 aromatic heterocycles. The Kier molecular flexibility index (Phi) is 4.99. The van der Waals surface area contributed by atoms with Gasteiger partial charge in [0.2, 0.25) is 0 Å². The molecule has 0 bridgehead atoms. The number of hydrogen-bond acceptors (Lipinski definition) is 1. The van der Waals surface area contributed by atoms with Gasteiger partial charge in [0, 0.05) is 33.9 Å². The molecule has 0 aliphatic rings. The van der Waals surface area contributed by atoms with Crippen molar-refractivity contribution in [3.05, 3.63) is 48.0 Å². The second-order valence-electron chi connectivity index (χ2n) is 6.26. The van der Waals surface area contributed by atoms with Gasteiger partial charge in [-0.25, -0.2) is 0 Å². The molecule has 1 unspecified atom stereocenters. The Morgan fingerprint density at radius 1 is 0.957 bits per heavy atom. The molecule has 2 aromatic carbocycles. The highest BCUT2D eigenvalue weighted by atomic mass is 16.3. The molecule has 3 rings (SSSR count). The van der Waals surface area contributed by atoms with E-state index >= 15 is 0 Å². The van der Waals surface area contributed by atoms with Crippen LogP contribution in [0.15, 0.2) is 42.5 Å². The predicted molar refractivity (Wildman–Crippen MR) is 96.9 cm³/mol. The fraction of sp³-hybridized carbons (Fsp3) is 0.400. The van der Waals surface area contributed by atoms with E-state index in [1.54, 1.807) is 0 Å². The highest BCUT2D eigenvalue weighted by Crippen LogP contribution is 2.29. The summed E-state index contributed by atoms with van der Waals surface area (Å²) < 4.78 is 2.39. The molecule has 2 N–H and O–H groups in total. The fourth-order valence-corrected chi connectivity index (χ4v) is 3.65. The monoisotopic (exact) mass is 311 g/mol. The number of nitrogens with one attached hydrogen (secondary N) is 1. The van der Waals surface area contributed by atoms with E-state index in [-0.39, 0.29) is 6.61 Å². The molecule has 23 heavy (non-hydrogen) atoms.